The summed E-state index contributed by atoms with van der Waals surface area (Å²) in [6, 6.07) is 10.2. The predicted molar refractivity (Wildman–Crippen MR) is 83.3 cm³/mol. The molecule has 0 aliphatic carbocycles. The third kappa shape index (κ3) is 2.28. The van der Waals surface area contributed by atoms with Crippen molar-refractivity contribution in [3.8, 4) is 0 Å². The minimum Gasteiger partial charge on any atom is -0.349 e. The molecule has 0 bridgehead atoms. The Hall–Kier alpha value is -3.02. The van der Waals surface area contributed by atoms with Crippen LogP contribution in [0.2, 0.25) is 0 Å². The lowest BCUT2D eigenvalue weighted by Gasteiger charge is -2.05. The second-order valence-corrected chi connectivity index (χ2v) is 5.34. The standard InChI is InChI=1S/C17H11F2N3O/c18-11-3-1-10(2-4-11)8-22-9-20-15-13-7-12(19)5-6-14(13)21-16(15)17(22)23/h1-7,9,21H,8H2. The number of rotatable bonds is 2. The highest BCUT2D eigenvalue weighted by molar-refractivity contribution is 6.04. The summed E-state index contributed by atoms with van der Waals surface area (Å²) < 4.78 is 27.8. The summed E-state index contributed by atoms with van der Waals surface area (Å²) in [6.45, 7) is 0.284. The molecular weight excluding hydrogens is 300 g/mol. The second kappa shape index (κ2) is 5.01. The van der Waals surface area contributed by atoms with Gasteiger partial charge in [-0.15, -0.1) is 0 Å². The van der Waals surface area contributed by atoms with Crippen molar-refractivity contribution in [2.24, 2.45) is 0 Å². The van der Waals surface area contributed by atoms with E-state index in [9.17, 15) is 13.6 Å². The van der Waals surface area contributed by atoms with Crippen LogP contribution in [0.25, 0.3) is 21.9 Å². The van der Waals surface area contributed by atoms with E-state index in [0.29, 0.717) is 21.9 Å². The molecule has 4 aromatic rings. The minimum atomic E-state index is -0.379. The van der Waals surface area contributed by atoms with Gasteiger partial charge >= 0.3 is 0 Å². The van der Waals surface area contributed by atoms with Gasteiger partial charge in [-0.3, -0.25) is 9.36 Å². The number of nitrogens with one attached hydrogen (secondary N) is 1. The fourth-order valence-electron chi connectivity index (χ4n) is 2.66. The Bertz CT molecular complexity index is 1080. The first-order valence-corrected chi connectivity index (χ1v) is 7.02. The van der Waals surface area contributed by atoms with Crippen molar-refractivity contribution in [2.45, 2.75) is 6.54 Å². The van der Waals surface area contributed by atoms with E-state index < -0.39 is 0 Å². The lowest BCUT2D eigenvalue weighted by Crippen LogP contribution is -2.21. The van der Waals surface area contributed by atoms with Gasteiger partial charge in [-0.25, -0.2) is 13.8 Å². The zero-order valence-electron chi connectivity index (χ0n) is 11.9. The molecule has 4 rings (SSSR count). The molecular formula is C17H11F2N3O. The number of hydrogen-bond acceptors (Lipinski definition) is 2. The first-order chi connectivity index (χ1) is 11.1. The fourth-order valence-corrected chi connectivity index (χ4v) is 2.66. The highest BCUT2D eigenvalue weighted by atomic mass is 19.1. The van der Waals surface area contributed by atoms with Gasteiger partial charge < -0.3 is 4.98 Å². The van der Waals surface area contributed by atoms with Crippen LogP contribution >= 0.6 is 0 Å². The van der Waals surface area contributed by atoms with Crippen LogP contribution in [0.1, 0.15) is 5.56 Å². The first-order valence-electron chi connectivity index (χ1n) is 7.02. The van der Waals surface area contributed by atoms with Crippen molar-refractivity contribution in [2.75, 3.05) is 0 Å². The maximum atomic E-state index is 13.4. The van der Waals surface area contributed by atoms with Crippen LogP contribution < -0.4 is 5.56 Å². The van der Waals surface area contributed by atoms with Gasteiger partial charge in [-0.1, -0.05) is 12.1 Å². The van der Waals surface area contributed by atoms with Crippen molar-refractivity contribution in [3.63, 3.8) is 0 Å². The highest BCUT2D eigenvalue weighted by Crippen LogP contribution is 2.22. The van der Waals surface area contributed by atoms with E-state index in [1.54, 1.807) is 18.2 Å². The Morgan fingerprint density at radius 2 is 1.78 bits per heavy atom. The van der Waals surface area contributed by atoms with Gasteiger partial charge in [0.1, 0.15) is 22.7 Å². The summed E-state index contributed by atoms with van der Waals surface area (Å²) >= 11 is 0. The van der Waals surface area contributed by atoms with Gasteiger partial charge in [0.2, 0.25) is 0 Å². The average molecular weight is 311 g/mol. The Labute approximate surface area is 129 Å². The molecule has 0 unspecified atom stereocenters. The number of hydrogen-bond donors (Lipinski definition) is 1. The van der Waals surface area contributed by atoms with Gasteiger partial charge in [0.05, 0.1) is 12.9 Å². The zero-order chi connectivity index (χ0) is 16.0. The van der Waals surface area contributed by atoms with Gasteiger partial charge in [-0.05, 0) is 35.9 Å². The summed E-state index contributed by atoms with van der Waals surface area (Å²) in [4.78, 5) is 19.8. The van der Waals surface area contributed by atoms with E-state index in [1.165, 1.54) is 35.2 Å². The minimum absolute atomic E-state index is 0.254. The largest absolute Gasteiger partial charge is 0.349 e. The summed E-state index contributed by atoms with van der Waals surface area (Å²) in [6.07, 6.45) is 1.42. The predicted octanol–water partition coefficient (Wildman–Crippen LogP) is 3.20. The molecule has 0 amide bonds. The number of nitrogens with zero attached hydrogens (tertiary/aromatic N) is 2. The normalized spacial score (nSPS) is 11.4. The van der Waals surface area contributed by atoms with E-state index in [0.717, 1.165) is 5.56 Å². The van der Waals surface area contributed by atoms with Crippen molar-refractivity contribution in [1.29, 1.82) is 0 Å². The zero-order valence-corrected chi connectivity index (χ0v) is 11.9. The smallest absolute Gasteiger partial charge is 0.277 e. The summed E-state index contributed by atoms with van der Waals surface area (Å²) in [5.74, 6) is -0.706. The van der Waals surface area contributed by atoms with Gasteiger partial charge in [0.25, 0.3) is 5.56 Å². The number of halogens is 2. The van der Waals surface area contributed by atoms with Crippen molar-refractivity contribution in [1.82, 2.24) is 14.5 Å². The van der Waals surface area contributed by atoms with E-state index in [1.807, 2.05) is 0 Å². The Balaban J connectivity index is 1.86. The van der Waals surface area contributed by atoms with Crippen LogP contribution in [-0.4, -0.2) is 14.5 Å². The lowest BCUT2D eigenvalue weighted by atomic mass is 10.2. The van der Waals surface area contributed by atoms with Gasteiger partial charge in [-0.2, -0.15) is 0 Å². The molecule has 6 heteroatoms. The molecule has 0 saturated carbocycles. The number of benzene rings is 2. The van der Waals surface area contributed by atoms with E-state index in [-0.39, 0.29) is 23.7 Å². The maximum Gasteiger partial charge on any atom is 0.277 e. The van der Waals surface area contributed by atoms with E-state index in [4.69, 9.17) is 0 Å². The number of fused-ring (bicyclic) bond motifs is 3. The molecule has 114 valence electrons. The summed E-state index contributed by atoms with van der Waals surface area (Å²) in [5, 5.41) is 0.575. The Morgan fingerprint density at radius 1 is 1.04 bits per heavy atom. The second-order valence-electron chi connectivity index (χ2n) is 5.34. The molecule has 4 nitrogen and oxygen atoms in total. The van der Waals surface area contributed by atoms with Crippen LogP contribution in [0.5, 0.6) is 0 Å². The van der Waals surface area contributed by atoms with E-state index in [2.05, 4.69) is 9.97 Å². The first kappa shape index (κ1) is 13.6. The molecule has 0 aliphatic rings. The van der Waals surface area contributed by atoms with Crippen LogP contribution in [0.3, 0.4) is 0 Å². The van der Waals surface area contributed by atoms with Crippen LogP contribution in [0.15, 0.2) is 53.6 Å². The summed E-state index contributed by atoms with van der Waals surface area (Å²) in [7, 11) is 0. The van der Waals surface area contributed by atoms with Crippen molar-refractivity contribution < 1.29 is 8.78 Å². The molecule has 23 heavy (non-hydrogen) atoms. The molecule has 0 saturated heterocycles. The molecule has 2 heterocycles. The van der Waals surface area contributed by atoms with Crippen molar-refractivity contribution >= 4 is 21.9 Å². The molecule has 1 N–H and O–H groups in total. The third-order valence-electron chi connectivity index (χ3n) is 3.80. The quantitative estimate of drug-likeness (QED) is 0.618. The monoisotopic (exact) mass is 311 g/mol. The van der Waals surface area contributed by atoms with Crippen molar-refractivity contribution in [3.05, 3.63) is 76.3 Å². The molecule has 0 radical (unpaired) electrons. The SMILES string of the molecule is O=c1c2[nH]c3ccc(F)cc3c2ncn1Cc1ccc(F)cc1. The summed E-state index contributed by atoms with van der Waals surface area (Å²) in [5.41, 5.74) is 1.97. The maximum absolute atomic E-state index is 13.4. The number of H-pyrrole nitrogens is 1. The molecule has 0 spiro atoms. The molecule has 2 aromatic heterocycles. The van der Waals surface area contributed by atoms with Crippen LogP contribution in [0, 0.1) is 11.6 Å². The van der Waals surface area contributed by atoms with Crippen LogP contribution in [-0.2, 0) is 6.54 Å². The number of aromatic nitrogens is 3. The van der Waals surface area contributed by atoms with Gasteiger partial charge in [0.15, 0.2) is 0 Å². The molecule has 0 atom stereocenters. The Morgan fingerprint density at radius 3 is 2.57 bits per heavy atom. The topological polar surface area (TPSA) is 50.7 Å². The highest BCUT2D eigenvalue weighted by Gasteiger charge is 2.11. The molecule has 0 aliphatic heterocycles. The molecule has 2 aromatic carbocycles. The fraction of sp³-hybridized carbons (Fsp3) is 0.0588. The lowest BCUT2D eigenvalue weighted by molar-refractivity contribution is 0.626. The van der Waals surface area contributed by atoms with Gasteiger partial charge in [0, 0.05) is 10.9 Å². The van der Waals surface area contributed by atoms with Crippen LogP contribution in [0.4, 0.5) is 8.78 Å². The third-order valence-corrected chi connectivity index (χ3v) is 3.80. The number of aromatic amines is 1. The Kier molecular flexibility index (Phi) is 2.97. The van der Waals surface area contributed by atoms with E-state index >= 15 is 0 Å². The average Bonchev–Trinajstić information content (AvgIpc) is 2.91. The molecule has 0 fully saturated rings.